The van der Waals surface area contributed by atoms with Crippen LogP contribution >= 0.6 is 0 Å². The van der Waals surface area contributed by atoms with Gasteiger partial charge in [-0.15, -0.1) is 0 Å². The number of aliphatic carboxylic acids is 1. The summed E-state index contributed by atoms with van der Waals surface area (Å²) in [5.41, 5.74) is 5.57. The predicted molar refractivity (Wildman–Crippen MR) is 43.4 cm³/mol. The van der Waals surface area contributed by atoms with E-state index in [1.165, 1.54) is 18.3 Å². The van der Waals surface area contributed by atoms with Crippen molar-refractivity contribution < 1.29 is 14.3 Å². The molecule has 1 aromatic rings. The summed E-state index contributed by atoms with van der Waals surface area (Å²) in [4.78, 5) is 13.6. The third-order valence-electron chi connectivity index (χ3n) is 1.58. The lowest BCUT2D eigenvalue weighted by Gasteiger charge is -2.08. The van der Waals surface area contributed by atoms with Crippen LogP contribution in [-0.4, -0.2) is 16.1 Å². The summed E-state index contributed by atoms with van der Waals surface area (Å²) in [5, 5.41) is 8.41. The highest BCUT2D eigenvalue weighted by molar-refractivity contribution is 5.67. The summed E-state index contributed by atoms with van der Waals surface area (Å²) in [7, 11) is 0. The summed E-state index contributed by atoms with van der Waals surface area (Å²) < 4.78 is 12.9. The van der Waals surface area contributed by atoms with Crippen LogP contribution < -0.4 is 5.73 Å². The molecule has 0 spiro atoms. The molecule has 5 heteroatoms. The molecule has 0 fully saturated rings. The van der Waals surface area contributed by atoms with Crippen molar-refractivity contribution in [2.45, 2.75) is 12.5 Å². The zero-order valence-electron chi connectivity index (χ0n) is 6.77. The number of carbonyl (C=O) groups is 1. The second kappa shape index (κ2) is 3.95. The van der Waals surface area contributed by atoms with Gasteiger partial charge in [-0.3, -0.25) is 4.79 Å². The number of nitrogens with zero attached hydrogens (tertiary/aromatic N) is 1. The highest BCUT2D eigenvalue weighted by Crippen LogP contribution is 2.15. The van der Waals surface area contributed by atoms with Crippen molar-refractivity contribution >= 4 is 5.97 Å². The summed E-state index contributed by atoms with van der Waals surface area (Å²) in [6.07, 6.45) is 0.981. The van der Waals surface area contributed by atoms with Gasteiger partial charge in [0.15, 0.2) is 0 Å². The average Bonchev–Trinajstić information content (AvgIpc) is 2.03. The van der Waals surface area contributed by atoms with Gasteiger partial charge in [-0.25, -0.2) is 4.98 Å². The number of pyridine rings is 1. The first-order valence-electron chi connectivity index (χ1n) is 3.69. The minimum Gasteiger partial charge on any atom is -0.481 e. The topological polar surface area (TPSA) is 76.2 Å². The first kappa shape index (κ1) is 9.60. The van der Waals surface area contributed by atoms with Crippen LogP contribution in [-0.2, 0) is 4.79 Å². The van der Waals surface area contributed by atoms with Gasteiger partial charge < -0.3 is 10.8 Å². The Balaban J connectivity index is 2.82. The molecule has 1 heterocycles. The van der Waals surface area contributed by atoms with Crippen molar-refractivity contribution in [3.8, 4) is 0 Å². The van der Waals surface area contributed by atoms with E-state index in [1.54, 1.807) is 0 Å². The molecule has 0 aliphatic carbocycles. The zero-order valence-corrected chi connectivity index (χ0v) is 6.77. The summed E-state index contributed by atoms with van der Waals surface area (Å²) in [5.74, 6) is -1.77. The van der Waals surface area contributed by atoms with Crippen LogP contribution in [0.3, 0.4) is 0 Å². The molecule has 0 bridgehead atoms. The van der Waals surface area contributed by atoms with Gasteiger partial charge in [0, 0.05) is 17.8 Å². The predicted octanol–water partition coefficient (Wildman–Crippen LogP) is 0.695. The molecular weight excluding hydrogens is 175 g/mol. The maximum Gasteiger partial charge on any atom is 0.305 e. The number of rotatable bonds is 3. The molecule has 0 aliphatic rings. The Kier molecular flexibility index (Phi) is 2.92. The van der Waals surface area contributed by atoms with Crippen LogP contribution in [0.2, 0.25) is 0 Å². The van der Waals surface area contributed by atoms with Crippen molar-refractivity contribution in [2.24, 2.45) is 5.73 Å². The first-order valence-corrected chi connectivity index (χ1v) is 3.69. The molecule has 0 radical (unpaired) electrons. The standard InChI is InChI=1S/C8H9FN2O2/c9-8-5(2-1-3-11-8)6(10)4-7(12)13/h1-3,6H,4,10H2,(H,12,13)/t6-/m0/s1. The van der Waals surface area contributed by atoms with Crippen LogP contribution in [0.1, 0.15) is 18.0 Å². The number of hydrogen-bond acceptors (Lipinski definition) is 3. The lowest BCUT2D eigenvalue weighted by Crippen LogP contribution is -2.16. The highest BCUT2D eigenvalue weighted by atomic mass is 19.1. The fourth-order valence-electron chi connectivity index (χ4n) is 0.973. The van der Waals surface area contributed by atoms with Gasteiger partial charge >= 0.3 is 5.97 Å². The smallest absolute Gasteiger partial charge is 0.305 e. The molecule has 0 aliphatic heterocycles. The minimum absolute atomic E-state index is 0.130. The van der Waals surface area contributed by atoms with Crippen molar-refractivity contribution in [3.05, 3.63) is 29.8 Å². The van der Waals surface area contributed by atoms with Crippen LogP contribution in [0.15, 0.2) is 18.3 Å². The molecule has 3 N–H and O–H groups in total. The van der Waals surface area contributed by atoms with E-state index in [2.05, 4.69) is 4.98 Å². The Bertz CT molecular complexity index is 317. The van der Waals surface area contributed by atoms with E-state index in [0.717, 1.165) is 0 Å². The minimum atomic E-state index is -1.06. The largest absolute Gasteiger partial charge is 0.481 e. The fourth-order valence-corrected chi connectivity index (χ4v) is 0.973. The number of carboxylic acids is 1. The van der Waals surface area contributed by atoms with Gasteiger partial charge in [-0.1, -0.05) is 6.07 Å². The lowest BCUT2D eigenvalue weighted by molar-refractivity contribution is -0.137. The van der Waals surface area contributed by atoms with E-state index in [1.807, 2.05) is 0 Å². The first-order chi connectivity index (χ1) is 6.11. The molecule has 70 valence electrons. The third-order valence-corrected chi connectivity index (χ3v) is 1.58. The Morgan fingerprint density at radius 2 is 2.46 bits per heavy atom. The van der Waals surface area contributed by atoms with Gasteiger partial charge in [0.05, 0.1) is 6.42 Å². The molecule has 0 saturated heterocycles. The van der Waals surface area contributed by atoms with Gasteiger partial charge in [-0.2, -0.15) is 4.39 Å². The molecule has 1 aromatic heterocycles. The van der Waals surface area contributed by atoms with E-state index in [9.17, 15) is 9.18 Å². The van der Waals surface area contributed by atoms with Crippen molar-refractivity contribution in [1.82, 2.24) is 4.98 Å². The summed E-state index contributed by atoms with van der Waals surface area (Å²) >= 11 is 0. The van der Waals surface area contributed by atoms with Gasteiger partial charge in [0.1, 0.15) is 0 Å². The third kappa shape index (κ3) is 2.48. The van der Waals surface area contributed by atoms with Gasteiger partial charge in [0.25, 0.3) is 0 Å². The quantitative estimate of drug-likeness (QED) is 0.678. The Morgan fingerprint density at radius 3 is 3.00 bits per heavy atom. The molecule has 1 rings (SSSR count). The second-order valence-electron chi connectivity index (χ2n) is 2.59. The molecular formula is C8H9FN2O2. The van der Waals surface area contributed by atoms with E-state index >= 15 is 0 Å². The second-order valence-corrected chi connectivity index (χ2v) is 2.59. The van der Waals surface area contributed by atoms with E-state index in [-0.39, 0.29) is 12.0 Å². The van der Waals surface area contributed by atoms with Crippen LogP contribution in [0.25, 0.3) is 0 Å². The average molecular weight is 184 g/mol. The number of hydrogen-bond donors (Lipinski definition) is 2. The van der Waals surface area contributed by atoms with E-state index in [4.69, 9.17) is 10.8 Å². The Morgan fingerprint density at radius 1 is 1.77 bits per heavy atom. The lowest BCUT2D eigenvalue weighted by atomic mass is 10.1. The fraction of sp³-hybridized carbons (Fsp3) is 0.250. The molecule has 4 nitrogen and oxygen atoms in total. The highest BCUT2D eigenvalue weighted by Gasteiger charge is 2.14. The van der Waals surface area contributed by atoms with Crippen LogP contribution in [0.4, 0.5) is 4.39 Å². The summed E-state index contributed by atoms with van der Waals surface area (Å²) in [6, 6.07) is 2.10. The van der Waals surface area contributed by atoms with E-state index < -0.39 is 18.0 Å². The molecule has 1 atom stereocenters. The van der Waals surface area contributed by atoms with Crippen molar-refractivity contribution in [3.63, 3.8) is 0 Å². The maximum atomic E-state index is 12.9. The maximum absolute atomic E-state index is 12.9. The normalized spacial score (nSPS) is 12.5. The van der Waals surface area contributed by atoms with Crippen LogP contribution in [0.5, 0.6) is 0 Å². The number of carboxylic acid groups (broad SMARTS) is 1. The molecule has 0 unspecified atom stereocenters. The van der Waals surface area contributed by atoms with Crippen LogP contribution in [0, 0.1) is 5.95 Å². The number of halogens is 1. The van der Waals surface area contributed by atoms with Crippen molar-refractivity contribution in [1.29, 1.82) is 0 Å². The number of nitrogens with two attached hydrogens (primary N) is 1. The molecule has 0 saturated carbocycles. The zero-order chi connectivity index (χ0) is 9.84. The van der Waals surface area contributed by atoms with Gasteiger partial charge in [-0.05, 0) is 6.07 Å². The Hall–Kier alpha value is -1.49. The molecule has 0 aromatic carbocycles. The molecule has 0 amide bonds. The monoisotopic (exact) mass is 184 g/mol. The summed E-state index contributed by atoms with van der Waals surface area (Å²) in [6.45, 7) is 0. The Labute approximate surface area is 74.2 Å². The van der Waals surface area contributed by atoms with E-state index in [0.29, 0.717) is 0 Å². The number of aromatic nitrogens is 1. The van der Waals surface area contributed by atoms with Gasteiger partial charge in [0.2, 0.25) is 5.95 Å². The SMILES string of the molecule is N[C@@H](CC(=O)O)c1cccnc1F. The van der Waals surface area contributed by atoms with Crippen molar-refractivity contribution in [2.75, 3.05) is 0 Å². The molecule has 13 heavy (non-hydrogen) atoms.